The summed E-state index contributed by atoms with van der Waals surface area (Å²) in [4.78, 5) is 24.7. The number of hydrogen-bond acceptors (Lipinski definition) is 3. The van der Waals surface area contributed by atoms with Gasteiger partial charge >= 0.3 is 6.03 Å². The Bertz CT molecular complexity index is 668. The molecule has 138 valence electrons. The van der Waals surface area contributed by atoms with Crippen molar-refractivity contribution in [3.8, 4) is 0 Å². The van der Waals surface area contributed by atoms with E-state index in [1.54, 1.807) is 18.2 Å². The van der Waals surface area contributed by atoms with Gasteiger partial charge in [0.2, 0.25) is 0 Å². The van der Waals surface area contributed by atoms with Gasteiger partial charge in [0.25, 0.3) is 5.91 Å². The lowest BCUT2D eigenvalue weighted by Gasteiger charge is -2.29. The smallest absolute Gasteiger partial charge is 0.319 e. The summed E-state index contributed by atoms with van der Waals surface area (Å²) < 4.78 is 0. The van der Waals surface area contributed by atoms with E-state index in [4.69, 9.17) is 17.3 Å². The van der Waals surface area contributed by atoms with Crippen LogP contribution in [-0.2, 0) is 0 Å². The highest BCUT2D eigenvalue weighted by atomic mass is 35.5. The molecule has 0 aliphatic heterocycles. The maximum atomic E-state index is 12.7. The molecule has 1 aromatic carbocycles. The second-order valence-electron chi connectivity index (χ2n) is 7.87. The molecule has 0 aromatic heterocycles. The van der Waals surface area contributed by atoms with Crippen LogP contribution in [-0.4, -0.2) is 29.6 Å². The summed E-state index contributed by atoms with van der Waals surface area (Å²) in [6, 6.07) is 4.49. The lowest BCUT2D eigenvalue weighted by molar-refractivity contribution is 0.0898. The van der Waals surface area contributed by atoms with Crippen LogP contribution in [0.1, 0.15) is 50.9 Å². The van der Waals surface area contributed by atoms with Crippen molar-refractivity contribution in [2.75, 3.05) is 11.9 Å². The van der Waals surface area contributed by atoms with Gasteiger partial charge in [-0.1, -0.05) is 11.6 Å². The summed E-state index contributed by atoms with van der Waals surface area (Å²) >= 11 is 6.18. The van der Waals surface area contributed by atoms with Gasteiger partial charge in [0, 0.05) is 17.8 Å². The van der Waals surface area contributed by atoms with Crippen LogP contribution in [0.5, 0.6) is 0 Å². The van der Waals surface area contributed by atoms with E-state index < -0.39 is 5.54 Å². The zero-order valence-corrected chi connectivity index (χ0v) is 16.0. The number of carbonyl (C=O) groups is 2. The van der Waals surface area contributed by atoms with E-state index in [0.29, 0.717) is 28.7 Å². The number of amides is 3. The van der Waals surface area contributed by atoms with Crippen molar-refractivity contribution in [3.05, 3.63) is 28.8 Å². The molecule has 0 heterocycles. The average Bonchev–Trinajstić information content (AvgIpc) is 3.32. The third kappa shape index (κ3) is 5.34. The first-order valence-corrected chi connectivity index (χ1v) is 8.83. The first kappa shape index (κ1) is 19.5. The Labute approximate surface area is 153 Å². The molecule has 25 heavy (non-hydrogen) atoms. The number of halogens is 1. The highest BCUT2D eigenvalue weighted by Crippen LogP contribution is 2.39. The van der Waals surface area contributed by atoms with Crippen LogP contribution in [0.15, 0.2) is 18.2 Å². The Morgan fingerprint density at radius 2 is 1.84 bits per heavy atom. The van der Waals surface area contributed by atoms with Crippen LogP contribution in [0.25, 0.3) is 0 Å². The number of nitrogens with one attached hydrogen (secondary N) is 3. The van der Waals surface area contributed by atoms with Crippen LogP contribution < -0.4 is 21.7 Å². The molecule has 0 saturated heterocycles. The number of rotatable bonds is 5. The van der Waals surface area contributed by atoms with Crippen molar-refractivity contribution in [2.45, 2.75) is 51.6 Å². The number of urea groups is 1. The van der Waals surface area contributed by atoms with Crippen molar-refractivity contribution in [2.24, 2.45) is 11.7 Å². The number of carbonyl (C=O) groups excluding carboxylic acids is 2. The Kier molecular flexibility index (Phi) is 5.64. The van der Waals surface area contributed by atoms with Gasteiger partial charge in [-0.05, 0) is 64.7 Å². The molecule has 3 amide bonds. The van der Waals surface area contributed by atoms with Gasteiger partial charge < -0.3 is 21.7 Å². The Hall–Kier alpha value is -1.79. The fourth-order valence-electron chi connectivity index (χ4n) is 2.65. The van der Waals surface area contributed by atoms with Crippen LogP contribution >= 0.6 is 11.6 Å². The molecule has 1 atom stereocenters. The second kappa shape index (κ2) is 7.22. The largest absolute Gasteiger partial charge is 0.345 e. The Morgan fingerprint density at radius 3 is 2.36 bits per heavy atom. The highest BCUT2D eigenvalue weighted by molar-refractivity contribution is 6.34. The van der Waals surface area contributed by atoms with Crippen LogP contribution in [0, 0.1) is 5.92 Å². The van der Waals surface area contributed by atoms with E-state index >= 15 is 0 Å². The maximum absolute atomic E-state index is 12.7. The zero-order valence-electron chi connectivity index (χ0n) is 15.2. The normalized spacial score (nSPS) is 16.7. The third-order valence-corrected chi connectivity index (χ3v) is 4.59. The molecule has 1 saturated carbocycles. The molecule has 7 heteroatoms. The van der Waals surface area contributed by atoms with Crippen molar-refractivity contribution >= 4 is 29.2 Å². The molecule has 2 rings (SSSR count). The zero-order chi connectivity index (χ0) is 18.8. The fraction of sp³-hybridized carbons (Fsp3) is 0.556. The van der Waals surface area contributed by atoms with E-state index in [1.165, 1.54) is 0 Å². The Morgan fingerprint density at radius 1 is 1.20 bits per heavy atom. The van der Waals surface area contributed by atoms with Crippen molar-refractivity contribution in [1.29, 1.82) is 0 Å². The molecule has 1 unspecified atom stereocenters. The predicted octanol–water partition coefficient (Wildman–Crippen LogP) is 3.12. The van der Waals surface area contributed by atoms with Gasteiger partial charge in [-0.15, -0.1) is 0 Å². The van der Waals surface area contributed by atoms with Gasteiger partial charge in [0.15, 0.2) is 0 Å². The molecule has 1 aliphatic carbocycles. The van der Waals surface area contributed by atoms with Gasteiger partial charge in [0.1, 0.15) is 0 Å². The summed E-state index contributed by atoms with van der Waals surface area (Å²) in [6.07, 6.45) is 2.13. The van der Waals surface area contributed by atoms with Crippen molar-refractivity contribution in [3.63, 3.8) is 0 Å². The van der Waals surface area contributed by atoms with E-state index in [-0.39, 0.29) is 17.5 Å². The molecule has 1 fully saturated rings. The van der Waals surface area contributed by atoms with E-state index in [0.717, 1.165) is 12.8 Å². The van der Waals surface area contributed by atoms with E-state index in [9.17, 15) is 9.59 Å². The number of hydrogen-bond donors (Lipinski definition) is 4. The summed E-state index contributed by atoms with van der Waals surface area (Å²) in [5.74, 6) is 0.115. The van der Waals surface area contributed by atoms with E-state index in [1.807, 2.05) is 27.7 Å². The van der Waals surface area contributed by atoms with E-state index in [2.05, 4.69) is 16.0 Å². The van der Waals surface area contributed by atoms with Gasteiger partial charge in [-0.25, -0.2) is 4.79 Å². The monoisotopic (exact) mass is 366 g/mol. The molecule has 5 N–H and O–H groups in total. The predicted molar refractivity (Wildman–Crippen MR) is 101 cm³/mol. The lowest BCUT2D eigenvalue weighted by atomic mass is 9.95. The summed E-state index contributed by atoms with van der Waals surface area (Å²) in [6.45, 7) is 7.98. The first-order chi connectivity index (χ1) is 11.5. The fourth-order valence-corrected chi connectivity index (χ4v) is 2.85. The molecule has 0 bridgehead atoms. The molecule has 1 aliphatic rings. The SMILES string of the molecule is CC(C)(C)NC(=O)Nc1ccc(Cl)c(C(=O)NC(C)(CN)C2CC2)c1. The molecule has 0 radical (unpaired) electrons. The summed E-state index contributed by atoms with van der Waals surface area (Å²) in [5, 5.41) is 8.85. The van der Waals surface area contributed by atoms with Gasteiger partial charge in [-0.3, -0.25) is 4.79 Å². The van der Waals surface area contributed by atoms with Crippen LogP contribution in [0.2, 0.25) is 5.02 Å². The summed E-state index contributed by atoms with van der Waals surface area (Å²) in [7, 11) is 0. The van der Waals surface area contributed by atoms with Gasteiger partial charge in [0.05, 0.1) is 16.1 Å². The minimum absolute atomic E-state index is 0.287. The quantitative estimate of drug-likeness (QED) is 0.644. The number of nitrogens with two attached hydrogens (primary N) is 1. The summed E-state index contributed by atoms with van der Waals surface area (Å²) in [5.41, 5.74) is 5.87. The van der Waals surface area contributed by atoms with Crippen molar-refractivity contribution in [1.82, 2.24) is 10.6 Å². The Balaban J connectivity index is 2.12. The molecular formula is C18H27ClN4O2. The third-order valence-electron chi connectivity index (χ3n) is 4.26. The molecule has 1 aromatic rings. The molecule has 0 spiro atoms. The average molecular weight is 367 g/mol. The second-order valence-corrected chi connectivity index (χ2v) is 8.28. The standard InChI is InChI=1S/C18H27ClN4O2/c1-17(2,3)23-16(25)21-12-7-8-14(19)13(9-12)15(24)22-18(4,10-20)11-5-6-11/h7-9,11H,5-6,10,20H2,1-4H3,(H,22,24)(H2,21,23,25). The van der Waals surface area contributed by atoms with Gasteiger partial charge in [-0.2, -0.15) is 0 Å². The number of benzene rings is 1. The molecular weight excluding hydrogens is 340 g/mol. The van der Waals surface area contributed by atoms with Crippen molar-refractivity contribution < 1.29 is 9.59 Å². The highest BCUT2D eigenvalue weighted by Gasteiger charge is 2.41. The van der Waals surface area contributed by atoms with Crippen LogP contribution in [0.3, 0.4) is 0 Å². The van der Waals surface area contributed by atoms with Crippen LogP contribution in [0.4, 0.5) is 10.5 Å². The number of anilines is 1. The maximum Gasteiger partial charge on any atom is 0.319 e. The minimum atomic E-state index is -0.437. The topological polar surface area (TPSA) is 96.2 Å². The lowest BCUT2D eigenvalue weighted by Crippen LogP contribution is -2.53. The minimum Gasteiger partial charge on any atom is -0.345 e. The first-order valence-electron chi connectivity index (χ1n) is 8.45. The molecule has 6 nitrogen and oxygen atoms in total.